The minimum Gasteiger partial charge on any atom is -0.346 e. The van der Waals surface area contributed by atoms with Gasteiger partial charge in [0.1, 0.15) is 0 Å². The summed E-state index contributed by atoms with van der Waals surface area (Å²) in [6.45, 7) is 1.55. The number of carbonyl (C=O) groups is 2. The van der Waals surface area contributed by atoms with Gasteiger partial charge in [0.25, 0.3) is 5.91 Å². The molecule has 0 aromatic heterocycles. The average Bonchev–Trinajstić information content (AvgIpc) is 2.62. The van der Waals surface area contributed by atoms with E-state index < -0.39 is 34.0 Å². The number of nitrogens with one attached hydrogen (secondary N) is 1. The lowest BCUT2D eigenvalue weighted by molar-refractivity contribution is -0.0689. The highest BCUT2D eigenvalue weighted by Crippen LogP contribution is 2.48. The molecule has 0 unspecified atom stereocenters. The third-order valence-electron chi connectivity index (χ3n) is 4.78. The minimum atomic E-state index is -4.84. The van der Waals surface area contributed by atoms with Gasteiger partial charge in [0.15, 0.2) is 5.78 Å². The Morgan fingerprint density at radius 3 is 2.16 bits per heavy atom. The molecule has 3 N–H and O–H groups in total. The Balaban J connectivity index is 1.85. The highest BCUT2D eigenvalue weighted by Gasteiger charge is 2.36. The van der Waals surface area contributed by atoms with Gasteiger partial charge in [-0.05, 0) is 54.5 Å². The normalized spacial score (nSPS) is 17.4. The number of rotatable bonds is 5. The van der Waals surface area contributed by atoms with Crippen molar-refractivity contribution in [3.63, 3.8) is 0 Å². The number of carbonyl (C=O) groups excluding carboxylic acids is 2. The molecule has 1 saturated heterocycles. The Morgan fingerprint density at radius 2 is 1.66 bits per heavy atom. The van der Waals surface area contributed by atoms with Crippen LogP contribution in [0.3, 0.4) is 0 Å². The van der Waals surface area contributed by atoms with Crippen LogP contribution in [0.25, 0.3) is 5.57 Å². The molecule has 0 bridgehead atoms. The van der Waals surface area contributed by atoms with Gasteiger partial charge in [-0.1, -0.05) is 29.3 Å². The van der Waals surface area contributed by atoms with Crippen LogP contribution in [0.4, 0.5) is 13.2 Å². The molecule has 3 rings (SSSR count). The zero-order valence-electron chi connectivity index (χ0n) is 16.5. The van der Waals surface area contributed by atoms with Gasteiger partial charge in [0.05, 0.1) is 23.1 Å². The van der Waals surface area contributed by atoms with E-state index in [9.17, 15) is 31.9 Å². The van der Waals surface area contributed by atoms with Crippen LogP contribution < -0.4 is 5.32 Å². The molecule has 0 saturated carbocycles. The topological polar surface area (TPSA) is 86.6 Å². The summed E-state index contributed by atoms with van der Waals surface area (Å²) in [6, 6.07) is 6.96. The first-order valence-electron chi connectivity index (χ1n) is 9.20. The fourth-order valence-corrected chi connectivity index (χ4v) is 5.15. The molecule has 172 valence electrons. The summed E-state index contributed by atoms with van der Waals surface area (Å²) in [5, 5.41) is 2.64. The summed E-state index contributed by atoms with van der Waals surface area (Å²) in [6.07, 6.45) is -4.37. The zero-order chi connectivity index (χ0) is 23.8. The lowest BCUT2D eigenvalue weighted by Gasteiger charge is -2.47. The maximum Gasteiger partial charge on any atom is 0.417 e. The molecule has 0 aliphatic carbocycles. The van der Waals surface area contributed by atoms with Gasteiger partial charge < -0.3 is 5.32 Å². The van der Waals surface area contributed by atoms with Crippen molar-refractivity contribution < 1.29 is 31.9 Å². The number of halogens is 5. The van der Waals surface area contributed by atoms with Gasteiger partial charge in [0.2, 0.25) is 0 Å². The largest absolute Gasteiger partial charge is 0.417 e. The molecule has 1 fully saturated rings. The summed E-state index contributed by atoms with van der Waals surface area (Å²) in [5.41, 5.74) is -0.969. The lowest BCUT2D eigenvalue weighted by Crippen LogP contribution is -2.50. The van der Waals surface area contributed by atoms with E-state index in [1.165, 1.54) is 24.3 Å². The minimum absolute atomic E-state index is 0.00555. The van der Waals surface area contributed by atoms with Crippen LogP contribution in [-0.4, -0.2) is 44.5 Å². The average molecular weight is 508 g/mol. The fourth-order valence-electron chi connectivity index (χ4n) is 3.27. The first-order chi connectivity index (χ1) is 14.7. The highest BCUT2D eigenvalue weighted by atomic mass is 35.5. The Bertz CT molecular complexity index is 1090. The number of benzene rings is 2. The van der Waals surface area contributed by atoms with E-state index in [0.717, 1.165) is 12.1 Å². The van der Waals surface area contributed by atoms with Crippen molar-refractivity contribution in [3.05, 3.63) is 74.8 Å². The van der Waals surface area contributed by atoms with Crippen LogP contribution in [0.1, 0.15) is 31.8 Å². The predicted octanol–water partition coefficient (Wildman–Crippen LogP) is 5.99. The number of ketones is 1. The van der Waals surface area contributed by atoms with Crippen molar-refractivity contribution in [1.29, 1.82) is 0 Å². The number of alkyl halides is 3. The molecule has 11 heteroatoms. The van der Waals surface area contributed by atoms with Crippen LogP contribution in [0.2, 0.25) is 10.0 Å². The van der Waals surface area contributed by atoms with Crippen molar-refractivity contribution in [1.82, 2.24) is 5.32 Å². The standard InChI is InChI=1S/C21H18Cl2F3NO4S/c1-11-4-12(2-3-17(11)20(29)27-16-9-32(30,31)10-16)19(28)8-18(21(24,25)26)13-5-14(22)7-15(23)6-13/h2-8,16,30-31H,9-10H2,1H3,(H,27,29)/b18-8+. The van der Waals surface area contributed by atoms with Gasteiger partial charge in [-0.2, -0.15) is 23.8 Å². The molecule has 0 atom stereocenters. The third kappa shape index (κ3) is 5.85. The molecule has 0 spiro atoms. The molecule has 1 amide bonds. The van der Waals surface area contributed by atoms with E-state index in [-0.39, 0.29) is 44.3 Å². The summed E-state index contributed by atoms with van der Waals surface area (Å²) in [5.74, 6) is -1.22. The monoisotopic (exact) mass is 507 g/mol. The molecule has 1 aliphatic heterocycles. The summed E-state index contributed by atoms with van der Waals surface area (Å²) < 4.78 is 59.7. The molecule has 5 nitrogen and oxygen atoms in total. The second kappa shape index (κ2) is 9.07. The Kier molecular flexibility index (Phi) is 6.97. The molecule has 1 heterocycles. The first kappa shape index (κ1) is 24.6. The van der Waals surface area contributed by atoms with E-state index in [2.05, 4.69) is 5.32 Å². The van der Waals surface area contributed by atoms with Crippen molar-refractivity contribution in [2.24, 2.45) is 0 Å². The highest BCUT2D eigenvalue weighted by molar-refractivity contribution is 8.25. The Morgan fingerprint density at radius 1 is 1.06 bits per heavy atom. The SMILES string of the molecule is Cc1cc(C(=O)/C=C(\c2cc(Cl)cc(Cl)c2)C(F)(F)F)ccc1C(=O)NC1CS(O)(O)C1. The number of hydrogen-bond acceptors (Lipinski definition) is 4. The van der Waals surface area contributed by atoms with Crippen molar-refractivity contribution in [3.8, 4) is 0 Å². The molecular weight excluding hydrogens is 490 g/mol. The smallest absolute Gasteiger partial charge is 0.346 e. The second-order valence-electron chi connectivity index (χ2n) is 7.41. The molecule has 32 heavy (non-hydrogen) atoms. The maximum absolute atomic E-state index is 13.6. The quantitative estimate of drug-likeness (QED) is 0.342. The van der Waals surface area contributed by atoms with Gasteiger partial charge in [0, 0.05) is 21.2 Å². The van der Waals surface area contributed by atoms with Crippen LogP contribution >= 0.6 is 33.8 Å². The first-order valence-corrected chi connectivity index (χ1v) is 11.8. The maximum atomic E-state index is 13.6. The number of hydrogen-bond donors (Lipinski definition) is 3. The lowest BCUT2D eigenvalue weighted by atomic mass is 9.98. The van der Waals surface area contributed by atoms with Crippen molar-refractivity contribution in [2.75, 3.05) is 11.5 Å². The van der Waals surface area contributed by atoms with Gasteiger partial charge in [-0.3, -0.25) is 18.7 Å². The van der Waals surface area contributed by atoms with Crippen LogP contribution in [0, 0.1) is 6.92 Å². The Labute approximate surface area is 193 Å². The summed E-state index contributed by atoms with van der Waals surface area (Å²) in [4.78, 5) is 25.0. The number of aryl methyl sites for hydroxylation is 1. The van der Waals surface area contributed by atoms with Crippen LogP contribution in [0.5, 0.6) is 0 Å². The molecule has 2 aromatic rings. The molecule has 1 aliphatic rings. The van der Waals surface area contributed by atoms with E-state index in [1.54, 1.807) is 6.92 Å². The van der Waals surface area contributed by atoms with Crippen molar-refractivity contribution in [2.45, 2.75) is 19.1 Å². The Hall–Kier alpha value is -2.04. The van der Waals surface area contributed by atoms with E-state index in [1.807, 2.05) is 0 Å². The van der Waals surface area contributed by atoms with E-state index in [4.69, 9.17) is 23.2 Å². The van der Waals surface area contributed by atoms with Crippen molar-refractivity contribution >= 4 is 51.1 Å². The molecule has 2 aromatic carbocycles. The van der Waals surface area contributed by atoms with Crippen LogP contribution in [0.15, 0.2) is 42.5 Å². The number of amides is 1. The second-order valence-corrected chi connectivity index (χ2v) is 10.6. The predicted molar refractivity (Wildman–Crippen MR) is 120 cm³/mol. The van der Waals surface area contributed by atoms with Gasteiger partial charge >= 0.3 is 6.18 Å². The molecule has 0 radical (unpaired) electrons. The summed E-state index contributed by atoms with van der Waals surface area (Å²) >= 11 is 11.6. The summed E-state index contributed by atoms with van der Waals surface area (Å²) in [7, 11) is -2.61. The van der Waals surface area contributed by atoms with E-state index in [0.29, 0.717) is 11.6 Å². The van der Waals surface area contributed by atoms with Gasteiger partial charge in [-0.25, -0.2) is 0 Å². The van der Waals surface area contributed by atoms with Crippen LogP contribution in [-0.2, 0) is 0 Å². The van der Waals surface area contributed by atoms with Gasteiger partial charge in [-0.15, -0.1) is 0 Å². The number of allylic oxidation sites excluding steroid dienone is 2. The van der Waals surface area contributed by atoms with E-state index >= 15 is 0 Å². The zero-order valence-corrected chi connectivity index (χ0v) is 18.9. The fraction of sp³-hybridized carbons (Fsp3) is 0.238. The third-order valence-corrected chi connectivity index (χ3v) is 7.09. The molecular formula is C21H18Cl2F3NO4S.